The summed E-state index contributed by atoms with van der Waals surface area (Å²) in [5, 5.41) is 12.6. The molecule has 2 aromatic rings. The van der Waals surface area contributed by atoms with Crippen molar-refractivity contribution in [3.63, 3.8) is 0 Å². The van der Waals surface area contributed by atoms with Crippen LogP contribution >= 0.6 is 0 Å². The molecule has 0 N–H and O–H groups in total. The number of amides is 1. The maximum Gasteiger partial charge on any atom is 0.259 e. The van der Waals surface area contributed by atoms with E-state index in [0.29, 0.717) is 41.6 Å². The van der Waals surface area contributed by atoms with Crippen LogP contribution in [0.5, 0.6) is 5.75 Å². The molecule has 0 saturated carbocycles. The molecule has 2 aromatic heterocycles. The average molecular weight is 298 g/mol. The Kier molecular flexibility index (Phi) is 3.51. The van der Waals surface area contributed by atoms with Crippen LogP contribution in [-0.4, -0.2) is 40.1 Å². The lowest BCUT2D eigenvalue weighted by molar-refractivity contribution is 0.0175. The van der Waals surface area contributed by atoms with E-state index >= 15 is 0 Å². The van der Waals surface area contributed by atoms with Gasteiger partial charge in [0, 0.05) is 12.3 Å². The standard InChI is InChI=1S/C15H14N4O3/c1-9-14(10(2)22-18-9)15(20)19-7-13(8-19)21-12-3-4-17-11(5-12)6-16/h3-5,13H,7-8H2,1-2H3. The molecule has 1 fully saturated rings. The Bertz CT molecular complexity index is 737. The second-order valence-corrected chi connectivity index (χ2v) is 5.14. The van der Waals surface area contributed by atoms with Crippen LogP contribution in [0.4, 0.5) is 0 Å². The van der Waals surface area contributed by atoms with Crippen LogP contribution in [0.2, 0.25) is 0 Å². The number of carbonyl (C=O) groups is 1. The Balaban J connectivity index is 1.60. The number of carbonyl (C=O) groups excluding carboxylic acids is 1. The fourth-order valence-corrected chi connectivity index (χ4v) is 2.36. The molecular formula is C15H14N4O3. The molecule has 0 unspecified atom stereocenters. The van der Waals surface area contributed by atoms with Gasteiger partial charge in [0.05, 0.1) is 18.8 Å². The lowest BCUT2D eigenvalue weighted by atomic mass is 10.1. The summed E-state index contributed by atoms with van der Waals surface area (Å²) in [4.78, 5) is 17.9. The number of rotatable bonds is 3. The predicted octanol–water partition coefficient (Wildman–Crippen LogP) is 1.46. The van der Waals surface area contributed by atoms with E-state index < -0.39 is 0 Å². The van der Waals surface area contributed by atoms with Crippen molar-refractivity contribution >= 4 is 5.91 Å². The van der Waals surface area contributed by atoms with Crippen molar-refractivity contribution in [2.24, 2.45) is 0 Å². The number of likely N-dealkylation sites (tertiary alicyclic amines) is 1. The highest BCUT2D eigenvalue weighted by Gasteiger charge is 2.35. The van der Waals surface area contributed by atoms with Gasteiger partial charge in [-0.05, 0) is 19.9 Å². The maximum absolute atomic E-state index is 12.3. The minimum absolute atomic E-state index is 0.0848. The van der Waals surface area contributed by atoms with Gasteiger partial charge in [-0.15, -0.1) is 0 Å². The van der Waals surface area contributed by atoms with Gasteiger partial charge >= 0.3 is 0 Å². The summed E-state index contributed by atoms with van der Waals surface area (Å²) in [6.07, 6.45) is 1.44. The smallest absolute Gasteiger partial charge is 0.259 e. The van der Waals surface area contributed by atoms with Gasteiger partial charge in [-0.3, -0.25) is 4.79 Å². The Morgan fingerprint density at radius 2 is 2.27 bits per heavy atom. The number of aryl methyl sites for hydroxylation is 2. The normalized spacial score (nSPS) is 14.3. The van der Waals surface area contributed by atoms with Gasteiger partial charge in [-0.2, -0.15) is 5.26 Å². The molecule has 0 bridgehead atoms. The summed E-state index contributed by atoms with van der Waals surface area (Å²) >= 11 is 0. The lowest BCUT2D eigenvalue weighted by Crippen LogP contribution is -2.56. The van der Waals surface area contributed by atoms with E-state index in [1.807, 2.05) is 6.07 Å². The van der Waals surface area contributed by atoms with Crippen LogP contribution in [0.3, 0.4) is 0 Å². The van der Waals surface area contributed by atoms with Crippen molar-refractivity contribution < 1.29 is 14.1 Å². The molecule has 1 aliphatic rings. The van der Waals surface area contributed by atoms with E-state index in [1.54, 1.807) is 30.9 Å². The molecule has 1 aliphatic heterocycles. The van der Waals surface area contributed by atoms with E-state index in [-0.39, 0.29) is 12.0 Å². The number of aromatic nitrogens is 2. The van der Waals surface area contributed by atoms with Crippen molar-refractivity contribution in [3.8, 4) is 11.8 Å². The van der Waals surface area contributed by atoms with E-state index in [9.17, 15) is 4.79 Å². The van der Waals surface area contributed by atoms with Gasteiger partial charge in [0.15, 0.2) is 0 Å². The van der Waals surface area contributed by atoms with Gasteiger partial charge in [0.1, 0.15) is 34.9 Å². The largest absolute Gasteiger partial charge is 0.487 e. The molecule has 0 aliphatic carbocycles. The Hall–Kier alpha value is -2.88. The molecule has 1 amide bonds. The molecule has 0 spiro atoms. The molecule has 22 heavy (non-hydrogen) atoms. The fourth-order valence-electron chi connectivity index (χ4n) is 2.36. The average Bonchev–Trinajstić information content (AvgIpc) is 2.81. The zero-order valence-electron chi connectivity index (χ0n) is 12.2. The minimum Gasteiger partial charge on any atom is -0.487 e. The number of nitriles is 1. The van der Waals surface area contributed by atoms with Gasteiger partial charge in [0.25, 0.3) is 5.91 Å². The highest BCUT2D eigenvalue weighted by molar-refractivity contribution is 5.96. The van der Waals surface area contributed by atoms with Crippen molar-refractivity contribution in [1.82, 2.24) is 15.0 Å². The molecular weight excluding hydrogens is 284 g/mol. The summed E-state index contributed by atoms with van der Waals surface area (Å²) in [6, 6.07) is 5.24. The molecule has 112 valence electrons. The number of nitrogens with zero attached hydrogens (tertiary/aromatic N) is 4. The predicted molar refractivity (Wildman–Crippen MR) is 75.2 cm³/mol. The van der Waals surface area contributed by atoms with Crippen molar-refractivity contribution in [1.29, 1.82) is 5.26 Å². The first kappa shape index (κ1) is 14.1. The minimum atomic E-state index is -0.0939. The van der Waals surface area contributed by atoms with Crippen LogP contribution in [0.15, 0.2) is 22.9 Å². The number of hydrogen-bond donors (Lipinski definition) is 0. The number of ether oxygens (including phenoxy) is 1. The third kappa shape index (κ3) is 2.51. The third-order valence-corrected chi connectivity index (χ3v) is 3.53. The quantitative estimate of drug-likeness (QED) is 0.851. The monoisotopic (exact) mass is 298 g/mol. The first-order valence-corrected chi connectivity index (χ1v) is 6.83. The summed E-state index contributed by atoms with van der Waals surface area (Å²) in [5.41, 5.74) is 1.43. The summed E-state index contributed by atoms with van der Waals surface area (Å²) in [6.45, 7) is 4.46. The molecule has 7 nitrogen and oxygen atoms in total. The van der Waals surface area contributed by atoms with Crippen LogP contribution in [-0.2, 0) is 0 Å². The molecule has 0 radical (unpaired) electrons. The zero-order valence-corrected chi connectivity index (χ0v) is 12.2. The van der Waals surface area contributed by atoms with E-state index in [1.165, 1.54) is 6.20 Å². The van der Waals surface area contributed by atoms with Gasteiger partial charge in [-0.25, -0.2) is 4.98 Å². The summed E-state index contributed by atoms with van der Waals surface area (Å²) in [5.74, 6) is 1.02. The topological polar surface area (TPSA) is 92.2 Å². The van der Waals surface area contributed by atoms with Crippen molar-refractivity contribution in [3.05, 3.63) is 41.0 Å². The fraction of sp³-hybridized carbons (Fsp3) is 0.333. The molecule has 1 saturated heterocycles. The van der Waals surface area contributed by atoms with Gasteiger partial charge in [-0.1, -0.05) is 5.16 Å². The Morgan fingerprint density at radius 1 is 1.50 bits per heavy atom. The Labute approximate surface area is 127 Å². The van der Waals surface area contributed by atoms with E-state index in [0.717, 1.165) is 0 Å². The second-order valence-electron chi connectivity index (χ2n) is 5.14. The van der Waals surface area contributed by atoms with Crippen molar-refractivity contribution in [2.75, 3.05) is 13.1 Å². The van der Waals surface area contributed by atoms with Crippen molar-refractivity contribution in [2.45, 2.75) is 20.0 Å². The highest BCUT2D eigenvalue weighted by atomic mass is 16.5. The Morgan fingerprint density at radius 3 is 2.91 bits per heavy atom. The van der Waals surface area contributed by atoms with E-state index in [4.69, 9.17) is 14.5 Å². The SMILES string of the molecule is Cc1noc(C)c1C(=O)N1CC(Oc2ccnc(C#N)c2)C1. The highest BCUT2D eigenvalue weighted by Crippen LogP contribution is 2.22. The first-order chi connectivity index (χ1) is 10.6. The van der Waals surface area contributed by atoms with Crippen LogP contribution in [0.1, 0.15) is 27.5 Å². The molecule has 7 heteroatoms. The van der Waals surface area contributed by atoms with Gasteiger partial charge in [0.2, 0.25) is 0 Å². The van der Waals surface area contributed by atoms with Crippen LogP contribution in [0.25, 0.3) is 0 Å². The van der Waals surface area contributed by atoms with Crippen LogP contribution < -0.4 is 4.74 Å². The lowest BCUT2D eigenvalue weighted by Gasteiger charge is -2.38. The molecule has 3 rings (SSSR count). The molecule has 3 heterocycles. The third-order valence-electron chi connectivity index (χ3n) is 3.53. The second kappa shape index (κ2) is 5.48. The number of pyridine rings is 1. The zero-order chi connectivity index (χ0) is 15.7. The van der Waals surface area contributed by atoms with Crippen LogP contribution in [0, 0.1) is 25.2 Å². The van der Waals surface area contributed by atoms with E-state index in [2.05, 4.69) is 10.1 Å². The first-order valence-electron chi connectivity index (χ1n) is 6.83. The summed E-state index contributed by atoms with van der Waals surface area (Å²) in [7, 11) is 0. The molecule has 0 aromatic carbocycles. The number of hydrogen-bond acceptors (Lipinski definition) is 6. The molecule has 0 atom stereocenters. The summed E-state index contributed by atoms with van der Waals surface area (Å²) < 4.78 is 10.7. The maximum atomic E-state index is 12.3. The van der Waals surface area contributed by atoms with Gasteiger partial charge < -0.3 is 14.2 Å².